The van der Waals surface area contributed by atoms with Crippen LogP contribution in [0.25, 0.3) is 10.9 Å². The molecule has 1 N–H and O–H groups in total. The number of hydrogen-bond donors (Lipinski definition) is 1. The minimum atomic E-state index is -0.246. The molecule has 0 saturated carbocycles. The van der Waals surface area contributed by atoms with Crippen LogP contribution < -0.4 is 9.47 Å². The molecule has 3 aromatic carbocycles. The van der Waals surface area contributed by atoms with Crippen molar-refractivity contribution < 1.29 is 14.3 Å². The molecule has 0 fully saturated rings. The van der Waals surface area contributed by atoms with Gasteiger partial charge in [0.1, 0.15) is 0 Å². The van der Waals surface area contributed by atoms with Gasteiger partial charge in [-0.25, -0.2) is 0 Å². The standard InChI is InChI=1S/C26H23ClN2O3/c1-31-22-12-9-17(15-23(22)32-2)26(30)29-14-13-20-19-5-3-4-6-21(19)28-24(20)25(29)16-7-10-18(27)11-8-16/h3-12,15,25,28H,13-14H2,1-2H3. The number of methoxy groups -OCH3 is 2. The molecule has 6 heteroatoms. The van der Waals surface area contributed by atoms with Gasteiger partial charge in [0.25, 0.3) is 5.91 Å². The smallest absolute Gasteiger partial charge is 0.254 e. The van der Waals surface area contributed by atoms with Crippen LogP contribution in [0.3, 0.4) is 0 Å². The van der Waals surface area contributed by atoms with Crippen molar-refractivity contribution in [1.29, 1.82) is 0 Å². The summed E-state index contributed by atoms with van der Waals surface area (Å²) < 4.78 is 10.7. The third-order valence-electron chi connectivity index (χ3n) is 6.11. The number of carbonyl (C=O) groups excluding carboxylic acids is 1. The van der Waals surface area contributed by atoms with E-state index in [4.69, 9.17) is 21.1 Å². The number of carbonyl (C=O) groups is 1. The Kier molecular flexibility index (Phi) is 5.27. The highest BCUT2D eigenvalue weighted by atomic mass is 35.5. The van der Waals surface area contributed by atoms with Crippen LogP contribution in [0, 0.1) is 0 Å². The van der Waals surface area contributed by atoms with Crippen molar-refractivity contribution in [3.63, 3.8) is 0 Å². The van der Waals surface area contributed by atoms with Gasteiger partial charge < -0.3 is 19.4 Å². The maximum atomic E-state index is 13.7. The molecule has 0 saturated heterocycles. The van der Waals surface area contributed by atoms with E-state index < -0.39 is 0 Å². The highest BCUT2D eigenvalue weighted by Gasteiger charge is 2.35. The Hall–Kier alpha value is -3.44. The zero-order valence-electron chi connectivity index (χ0n) is 17.9. The van der Waals surface area contributed by atoms with Gasteiger partial charge in [-0.15, -0.1) is 0 Å². The molecular formula is C26H23ClN2O3. The first-order valence-electron chi connectivity index (χ1n) is 10.5. The molecule has 1 aliphatic rings. The molecule has 0 radical (unpaired) electrons. The van der Waals surface area contributed by atoms with Crippen molar-refractivity contribution in [2.45, 2.75) is 12.5 Å². The second kappa shape index (κ2) is 8.24. The molecule has 32 heavy (non-hydrogen) atoms. The molecule has 1 amide bonds. The number of nitrogens with one attached hydrogen (secondary N) is 1. The Morgan fingerprint density at radius 2 is 1.75 bits per heavy atom. The highest BCUT2D eigenvalue weighted by molar-refractivity contribution is 6.30. The average Bonchev–Trinajstić information content (AvgIpc) is 3.22. The van der Waals surface area contributed by atoms with Gasteiger partial charge in [-0.2, -0.15) is 0 Å². The first-order valence-corrected chi connectivity index (χ1v) is 10.9. The lowest BCUT2D eigenvalue weighted by atomic mass is 9.91. The SMILES string of the molecule is COc1ccc(C(=O)N2CCc3c([nH]c4ccccc34)C2c2ccc(Cl)cc2)cc1OC. The van der Waals surface area contributed by atoms with Gasteiger partial charge in [0.05, 0.1) is 20.3 Å². The van der Waals surface area contributed by atoms with Gasteiger partial charge in [-0.05, 0) is 53.9 Å². The summed E-state index contributed by atoms with van der Waals surface area (Å²) in [6.45, 7) is 0.606. The van der Waals surface area contributed by atoms with Crippen molar-refractivity contribution in [3.8, 4) is 11.5 Å². The second-order valence-corrected chi connectivity index (χ2v) is 8.27. The highest BCUT2D eigenvalue weighted by Crippen LogP contribution is 2.40. The van der Waals surface area contributed by atoms with Crippen molar-refractivity contribution >= 4 is 28.4 Å². The molecule has 0 spiro atoms. The van der Waals surface area contributed by atoms with E-state index in [0.717, 1.165) is 23.2 Å². The predicted octanol–water partition coefficient (Wildman–Crippen LogP) is 5.63. The van der Waals surface area contributed by atoms with E-state index in [-0.39, 0.29) is 11.9 Å². The predicted molar refractivity (Wildman–Crippen MR) is 126 cm³/mol. The molecule has 2 heterocycles. The summed E-state index contributed by atoms with van der Waals surface area (Å²) in [7, 11) is 3.15. The number of aromatic amines is 1. The number of fused-ring (bicyclic) bond motifs is 3. The number of amides is 1. The van der Waals surface area contributed by atoms with Crippen molar-refractivity contribution in [2.75, 3.05) is 20.8 Å². The number of ether oxygens (including phenoxy) is 2. The zero-order valence-corrected chi connectivity index (χ0v) is 18.6. The Labute approximate surface area is 191 Å². The minimum absolute atomic E-state index is 0.0600. The maximum Gasteiger partial charge on any atom is 0.254 e. The Bertz CT molecular complexity index is 1300. The maximum absolute atomic E-state index is 13.7. The van der Waals surface area contributed by atoms with Gasteiger partial charge in [0.2, 0.25) is 0 Å². The van der Waals surface area contributed by atoms with Crippen LogP contribution in [-0.2, 0) is 6.42 Å². The second-order valence-electron chi connectivity index (χ2n) is 7.84. The van der Waals surface area contributed by atoms with Crippen molar-refractivity contribution in [1.82, 2.24) is 9.88 Å². The molecular weight excluding hydrogens is 424 g/mol. The van der Waals surface area contributed by atoms with E-state index in [1.54, 1.807) is 32.4 Å². The molecule has 5 rings (SSSR count). The average molecular weight is 447 g/mol. The van der Waals surface area contributed by atoms with E-state index in [1.165, 1.54) is 10.9 Å². The number of nitrogens with zero attached hydrogens (tertiary/aromatic N) is 1. The molecule has 1 aromatic heterocycles. The van der Waals surface area contributed by atoms with Crippen molar-refractivity contribution in [2.24, 2.45) is 0 Å². The minimum Gasteiger partial charge on any atom is -0.493 e. The number of rotatable bonds is 4. The number of aromatic nitrogens is 1. The number of H-pyrrole nitrogens is 1. The zero-order chi connectivity index (χ0) is 22.2. The Morgan fingerprint density at radius 3 is 2.50 bits per heavy atom. The third kappa shape index (κ3) is 3.39. The topological polar surface area (TPSA) is 54.6 Å². The van der Waals surface area contributed by atoms with Gasteiger partial charge >= 0.3 is 0 Å². The number of halogens is 1. The van der Waals surface area contributed by atoms with Crippen LogP contribution in [-0.4, -0.2) is 36.6 Å². The number of hydrogen-bond acceptors (Lipinski definition) is 3. The fourth-order valence-electron chi connectivity index (χ4n) is 4.59. The van der Waals surface area contributed by atoms with Crippen LogP contribution in [0.5, 0.6) is 11.5 Å². The van der Waals surface area contributed by atoms with Crippen molar-refractivity contribution in [3.05, 3.63) is 94.1 Å². The summed E-state index contributed by atoms with van der Waals surface area (Å²) in [6, 6.07) is 21.0. The van der Waals surface area contributed by atoms with E-state index in [2.05, 4.69) is 23.2 Å². The van der Waals surface area contributed by atoms with Crippen LogP contribution >= 0.6 is 11.6 Å². The third-order valence-corrected chi connectivity index (χ3v) is 6.36. The summed E-state index contributed by atoms with van der Waals surface area (Å²) in [4.78, 5) is 19.2. The van der Waals surface area contributed by atoms with Gasteiger partial charge in [0, 0.05) is 33.7 Å². The summed E-state index contributed by atoms with van der Waals surface area (Å²) in [5.74, 6) is 1.06. The Balaban J connectivity index is 1.62. The fraction of sp³-hybridized carbons (Fsp3) is 0.192. The summed E-state index contributed by atoms with van der Waals surface area (Å²) in [5, 5.41) is 1.87. The van der Waals surface area contributed by atoms with Gasteiger partial charge in [-0.3, -0.25) is 4.79 Å². The lowest BCUT2D eigenvalue weighted by Gasteiger charge is -2.36. The fourth-order valence-corrected chi connectivity index (χ4v) is 4.71. The molecule has 5 nitrogen and oxygen atoms in total. The quantitative estimate of drug-likeness (QED) is 0.442. The molecule has 1 aliphatic heterocycles. The summed E-state index contributed by atoms with van der Waals surface area (Å²) in [5.41, 5.74) is 4.96. The molecule has 4 aromatic rings. The summed E-state index contributed by atoms with van der Waals surface area (Å²) >= 11 is 6.16. The number of benzene rings is 3. The normalized spacial score (nSPS) is 15.5. The first kappa shape index (κ1) is 20.5. The van der Waals surface area contributed by atoms with Crippen LogP contribution in [0.2, 0.25) is 5.02 Å². The van der Waals surface area contributed by atoms with Gasteiger partial charge in [-0.1, -0.05) is 41.9 Å². The molecule has 1 unspecified atom stereocenters. The van der Waals surface area contributed by atoms with E-state index >= 15 is 0 Å². The van der Waals surface area contributed by atoms with Gasteiger partial charge in [0.15, 0.2) is 11.5 Å². The monoisotopic (exact) mass is 446 g/mol. The lowest BCUT2D eigenvalue weighted by Crippen LogP contribution is -2.40. The summed E-state index contributed by atoms with van der Waals surface area (Å²) in [6.07, 6.45) is 0.780. The number of para-hydroxylation sites is 1. The Morgan fingerprint density at radius 1 is 1.00 bits per heavy atom. The molecule has 1 atom stereocenters. The molecule has 0 aliphatic carbocycles. The van der Waals surface area contributed by atoms with Crippen LogP contribution in [0.4, 0.5) is 0 Å². The largest absolute Gasteiger partial charge is 0.493 e. The molecule has 162 valence electrons. The van der Waals surface area contributed by atoms with E-state index in [1.807, 2.05) is 35.2 Å². The van der Waals surface area contributed by atoms with Crippen LogP contribution in [0.15, 0.2) is 66.7 Å². The van der Waals surface area contributed by atoms with E-state index in [9.17, 15) is 4.79 Å². The first-order chi connectivity index (χ1) is 15.6. The van der Waals surface area contributed by atoms with E-state index in [0.29, 0.717) is 28.6 Å². The molecule has 0 bridgehead atoms. The lowest BCUT2D eigenvalue weighted by molar-refractivity contribution is 0.0691. The van der Waals surface area contributed by atoms with Crippen LogP contribution in [0.1, 0.15) is 33.2 Å².